The molecule has 2 aromatic heterocycles. The van der Waals surface area contributed by atoms with Gasteiger partial charge in [-0.15, -0.1) is 0 Å². The number of rotatable bonds is 2. The number of benzene rings is 5. The SMILES string of the molecule is Nn1c2ccccc2c2ccc3c4c5c(ccc4n(-c4ccccc4)c3c21)N(c1ccccc1)C1C=CC=CC51. The van der Waals surface area contributed by atoms with E-state index in [1.54, 1.807) is 0 Å². The van der Waals surface area contributed by atoms with Crippen LogP contribution in [0.25, 0.3) is 49.3 Å². The zero-order valence-corrected chi connectivity index (χ0v) is 21.8. The zero-order valence-electron chi connectivity index (χ0n) is 21.8. The van der Waals surface area contributed by atoms with Crippen molar-refractivity contribution in [2.24, 2.45) is 0 Å². The van der Waals surface area contributed by atoms with Crippen molar-refractivity contribution >= 4 is 55.0 Å². The van der Waals surface area contributed by atoms with Crippen molar-refractivity contribution in [2.45, 2.75) is 12.0 Å². The van der Waals surface area contributed by atoms with Gasteiger partial charge in [0.05, 0.1) is 28.1 Å². The van der Waals surface area contributed by atoms with Crippen LogP contribution in [-0.4, -0.2) is 15.3 Å². The molecule has 0 amide bonds. The van der Waals surface area contributed by atoms with Gasteiger partial charge < -0.3 is 15.3 Å². The number of nitrogen functional groups attached to an aromatic ring is 1. The summed E-state index contributed by atoms with van der Waals surface area (Å²) in [7, 11) is 0. The lowest BCUT2D eigenvalue weighted by Gasteiger charge is -2.28. The standard InChI is InChI=1S/C36H26N4/c37-40-30-18-10-7-15-25(30)26-19-20-28-34-32(39(35(28)36(26)40)24-13-5-2-6-14-24)22-21-31-33(34)27-16-8-9-17-29(27)38(31)23-11-3-1-4-12-23/h1-22,27,29H,37H2. The summed E-state index contributed by atoms with van der Waals surface area (Å²) in [5.41, 5.74) is 9.44. The average Bonchev–Trinajstić information content (AvgIpc) is 3.63. The normalized spacial score (nSPS) is 17.9. The van der Waals surface area contributed by atoms with E-state index in [9.17, 15) is 0 Å². The summed E-state index contributed by atoms with van der Waals surface area (Å²) in [6, 6.07) is 39.3. The van der Waals surface area contributed by atoms with Crippen LogP contribution in [0.15, 0.2) is 133 Å². The van der Waals surface area contributed by atoms with Crippen LogP contribution in [0, 0.1) is 0 Å². The number of nitrogens with zero attached hydrogens (tertiary/aromatic N) is 3. The van der Waals surface area contributed by atoms with Gasteiger partial charge in [-0.25, -0.2) is 0 Å². The lowest BCUT2D eigenvalue weighted by atomic mass is 9.88. The molecule has 5 aromatic carbocycles. The molecule has 0 saturated carbocycles. The number of hydrogen-bond acceptors (Lipinski definition) is 2. The predicted molar refractivity (Wildman–Crippen MR) is 167 cm³/mol. The van der Waals surface area contributed by atoms with E-state index in [0.29, 0.717) is 0 Å². The Morgan fingerprint density at radius 1 is 0.550 bits per heavy atom. The van der Waals surface area contributed by atoms with E-state index in [1.165, 1.54) is 44.0 Å². The number of fused-ring (bicyclic) bond motifs is 11. The van der Waals surface area contributed by atoms with Crippen LogP contribution in [0.3, 0.4) is 0 Å². The van der Waals surface area contributed by atoms with E-state index in [0.717, 1.165) is 22.2 Å². The highest BCUT2D eigenvalue weighted by molar-refractivity contribution is 6.24. The molecular weight excluding hydrogens is 488 g/mol. The van der Waals surface area contributed by atoms with E-state index in [2.05, 4.69) is 143 Å². The van der Waals surface area contributed by atoms with Crippen LogP contribution in [0.5, 0.6) is 0 Å². The van der Waals surface area contributed by atoms with Gasteiger partial charge in [-0.3, -0.25) is 4.68 Å². The molecule has 40 heavy (non-hydrogen) atoms. The quantitative estimate of drug-likeness (QED) is 0.236. The fourth-order valence-electron chi connectivity index (χ4n) is 7.25. The van der Waals surface area contributed by atoms with Crippen molar-refractivity contribution in [3.05, 3.63) is 139 Å². The Morgan fingerprint density at radius 2 is 1.25 bits per heavy atom. The Balaban J connectivity index is 1.48. The number of hydrogen-bond donors (Lipinski definition) is 1. The first-order valence-electron chi connectivity index (χ1n) is 13.8. The topological polar surface area (TPSA) is 39.1 Å². The Morgan fingerprint density at radius 3 is 2.08 bits per heavy atom. The lowest BCUT2D eigenvalue weighted by molar-refractivity contribution is 0.747. The maximum absolute atomic E-state index is 6.90. The van der Waals surface area contributed by atoms with Gasteiger partial charge in [0.2, 0.25) is 0 Å². The Bertz CT molecular complexity index is 2180. The number of aromatic nitrogens is 2. The summed E-state index contributed by atoms with van der Waals surface area (Å²) in [5.74, 6) is 7.15. The van der Waals surface area contributed by atoms with Crippen molar-refractivity contribution in [1.82, 2.24) is 9.24 Å². The van der Waals surface area contributed by atoms with Gasteiger partial charge >= 0.3 is 0 Å². The second kappa shape index (κ2) is 7.90. The summed E-state index contributed by atoms with van der Waals surface area (Å²) >= 11 is 0. The van der Waals surface area contributed by atoms with E-state index >= 15 is 0 Å². The number of nitrogens with two attached hydrogens (primary N) is 1. The predicted octanol–water partition coefficient (Wildman–Crippen LogP) is 8.34. The number of para-hydroxylation sites is 3. The highest BCUT2D eigenvalue weighted by Gasteiger charge is 2.39. The minimum atomic E-state index is 0.229. The van der Waals surface area contributed by atoms with Gasteiger partial charge in [0.15, 0.2) is 0 Å². The van der Waals surface area contributed by atoms with Crippen LogP contribution >= 0.6 is 0 Å². The summed E-state index contributed by atoms with van der Waals surface area (Å²) in [6.45, 7) is 0. The highest BCUT2D eigenvalue weighted by atomic mass is 15.3. The third-order valence-corrected chi connectivity index (χ3v) is 8.83. The van der Waals surface area contributed by atoms with Crippen molar-refractivity contribution < 1.29 is 0 Å². The monoisotopic (exact) mass is 514 g/mol. The second-order valence-corrected chi connectivity index (χ2v) is 10.8. The van der Waals surface area contributed by atoms with E-state index in [4.69, 9.17) is 5.84 Å². The van der Waals surface area contributed by atoms with Crippen LogP contribution < -0.4 is 10.7 Å². The number of allylic oxidation sites excluding steroid dienone is 2. The van der Waals surface area contributed by atoms with Gasteiger partial charge in [0.1, 0.15) is 0 Å². The molecule has 1 aliphatic heterocycles. The molecule has 0 spiro atoms. The largest absolute Gasteiger partial charge is 0.338 e. The fourth-order valence-corrected chi connectivity index (χ4v) is 7.25. The molecule has 190 valence electrons. The van der Waals surface area contributed by atoms with E-state index < -0.39 is 0 Å². The molecule has 2 atom stereocenters. The molecule has 2 unspecified atom stereocenters. The van der Waals surface area contributed by atoms with Gasteiger partial charge in [-0.1, -0.05) is 91.0 Å². The molecule has 2 aliphatic rings. The van der Waals surface area contributed by atoms with Gasteiger partial charge in [-0.2, -0.15) is 0 Å². The molecule has 0 bridgehead atoms. The first-order chi connectivity index (χ1) is 19.8. The molecular formula is C36H26N4. The summed E-state index contributed by atoms with van der Waals surface area (Å²) < 4.78 is 4.30. The van der Waals surface area contributed by atoms with Gasteiger partial charge in [-0.05, 0) is 48.0 Å². The second-order valence-electron chi connectivity index (χ2n) is 10.8. The van der Waals surface area contributed by atoms with Crippen molar-refractivity contribution in [2.75, 3.05) is 10.7 Å². The first-order valence-corrected chi connectivity index (χ1v) is 13.8. The number of anilines is 2. The maximum Gasteiger partial charge on any atom is 0.0950 e. The molecule has 7 aromatic rings. The van der Waals surface area contributed by atoms with Crippen molar-refractivity contribution in [3.63, 3.8) is 0 Å². The summed E-state index contributed by atoms with van der Waals surface area (Å²) in [5, 5.41) is 4.88. The molecule has 0 fully saturated rings. The Kier molecular flexibility index (Phi) is 4.28. The maximum atomic E-state index is 6.90. The molecule has 9 rings (SSSR count). The molecule has 4 nitrogen and oxygen atoms in total. The van der Waals surface area contributed by atoms with Crippen LogP contribution in [-0.2, 0) is 0 Å². The Hall–Kier alpha value is -5.22. The van der Waals surface area contributed by atoms with Gasteiger partial charge in [0, 0.05) is 44.5 Å². The fraction of sp³-hybridized carbons (Fsp3) is 0.0556. The smallest absolute Gasteiger partial charge is 0.0950 e. The van der Waals surface area contributed by atoms with Gasteiger partial charge in [0.25, 0.3) is 0 Å². The third kappa shape index (κ3) is 2.70. The zero-order chi connectivity index (χ0) is 26.4. The van der Waals surface area contributed by atoms with Crippen molar-refractivity contribution in [1.29, 1.82) is 0 Å². The minimum Gasteiger partial charge on any atom is -0.338 e. The molecule has 0 saturated heterocycles. The summed E-state index contributed by atoms with van der Waals surface area (Å²) in [4.78, 5) is 2.50. The third-order valence-electron chi connectivity index (χ3n) is 8.83. The molecule has 3 heterocycles. The summed E-state index contributed by atoms with van der Waals surface area (Å²) in [6.07, 6.45) is 9.10. The molecule has 0 radical (unpaired) electrons. The van der Waals surface area contributed by atoms with Crippen LogP contribution in [0.1, 0.15) is 11.5 Å². The van der Waals surface area contributed by atoms with Crippen LogP contribution in [0.2, 0.25) is 0 Å². The minimum absolute atomic E-state index is 0.229. The molecule has 1 aliphatic carbocycles. The van der Waals surface area contributed by atoms with E-state index in [-0.39, 0.29) is 12.0 Å². The highest BCUT2D eigenvalue weighted by Crippen LogP contribution is 2.53. The average molecular weight is 515 g/mol. The molecule has 4 heteroatoms. The first kappa shape index (κ1) is 21.7. The lowest BCUT2D eigenvalue weighted by Crippen LogP contribution is -2.28. The van der Waals surface area contributed by atoms with E-state index in [1.807, 2.05) is 4.68 Å². The molecule has 2 N–H and O–H groups in total. The van der Waals surface area contributed by atoms with Crippen molar-refractivity contribution in [3.8, 4) is 5.69 Å². The van der Waals surface area contributed by atoms with Crippen LogP contribution in [0.4, 0.5) is 11.4 Å². The Labute approximate surface area is 231 Å².